The van der Waals surface area contributed by atoms with Crippen LogP contribution in [0.2, 0.25) is 0 Å². The molecule has 0 amide bonds. The van der Waals surface area contributed by atoms with Crippen LogP contribution in [-0.2, 0) is 41.6 Å². The molecule has 2 aromatic heterocycles. The number of aliphatic hydroxyl groups is 4. The monoisotopic (exact) mass is 601 g/mol. The van der Waals surface area contributed by atoms with Crippen molar-refractivity contribution in [2.75, 3.05) is 18.9 Å². The normalized spacial score (nSPS) is 25.6. The second-order valence-corrected chi connectivity index (χ2v) is 11.1. The van der Waals surface area contributed by atoms with Crippen LogP contribution in [-0.4, -0.2) is 112 Å². The highest BCUT2D eigenvalue weighted by Crippen LogP contribution is 2.61. The minimum Gasteiger partial charge on any atom is -0.455 e. The summed E-state index contributed by atoms with van der Waals surface area (Å²) in [5, 5.41) is 39.5. The first-order chi connectivity index (χ1) is 18.2. The quantitative estimate of drug-likeness (QED) is 0.0689. The van der Waals surface area contributed by atoms with Gasteiger partial charge in [0.2, 0.25) is 0 Å². The molecule has 20 nitrogen and oxygen atoms in total. The number of aliphatic hydroxyl groups excluding tert-OH is 4. The first-order valence-electron chi connectivity index (χ1n) is 10.7. The summed E-state index contributed by atoms with van der Waals surface area (Å²) in [5.74, 6) is -0.807. The lowest BCUT2D eigenvalue weighted by Crippen LogP contribution is -2.40. The summed E-state index contributed by atoms with van der Waals surface area (Å²) in [6.07, 6.45) is -9.98. The van der Waals surface area contributed by atoms with Gasteiger partial charge in [-0.1, -0.05) is 0 Å². The first-order valence-corrected chi connectivity index (χ1v) is 13.7. The molecule has 0 saturated carbocycles. The number of aldehydes is 1. The maximum atomic E-state index is 12.9. The minimum absolute atomic E-state index is 0.0156. The number of rotatable bonds is 13. The number of esters is 1. The van der Waals surface area contributed by atoms with E-state index < -0.39 is 77.7 Å². The third-order valence-electron chi connectivity index (χ3n) is 5.17. The molecule has 3 rings (SSSR count). The molecule has 8 atom stereocenters. The summed E-state index contributed by atoms with van der Waals surface area (Å²) in [6.45, 7) is -1.10. The van der Waals surface area contributed by atoms with Gasteiger partial charge in [-0.05, 0) is 0 Å². The van der Waals surface area contributed by atoms with Crippen LogP contribution in [0.15, 0.2) is 12.7 Å². The zero-order chi connectivity index (χ0) is 29.1. The molecule has 2 aromatic rings. The first kappa shape index (κ1) is 31.1. The number of anilines is 1. The van der Waals surface area contributed by atoms with Gasteiger partial charge in [0.25, 0.3) is 0 Å². The standard InChI is InChI=1S/C17H25N5O15P2/c1-7(24)35-14-13(28)10(36-17(14)22-6-21-11-15(18)19-5-20-16(11)22)4-34-39(32,37-38(29,30)31)33-3-9(26)12(27)8(25)2-23/h2,5-6,8-10,12-14,17,25-28H,3-4H2,1H3,(H2,18,19,20)(H2,29,30,31)/t8-,9+,10+,12-,13+,14+,17+,39?/m0/s1. The zero-order valence-electron chi connectivity index (χ0n) is 19.8. The summed E-state index contributed by atoms with van der Waals surface area (Å²) >= 11 is 0. The minimum atomic E-state index is -5.56. The van der Waals surface area contributed by atoms with Gasteiger partial charge in [-0.15, -0.1) is 0 Å². The Morgan fingerprint density at radius 3 is 2.54 bits per heavy atom. The van der Waals surface area contributed by atoms with E-state index in [1.807, 2.05) is 0 Å². The van der Waals surface area contributed by atoms with E-state index >= 15 is 0 Å². The predicted molar refractivity (Wildman–Crippen MR) is 122 cm³/mol. The number of hydrogen-bond donors (Lipinski definition) is 7. The van der Waals surface area contributed by atoms with Crippen molar-refractivity contribution < 1.29 is 71.8 Å². The van der Waals surface area contributed by atoms with Crippen molar-refractivity contribution in [1.82, 2.24) is 19.5 Å². The fraction of sp³-hybridized carbons (Fsp3) is 0.588. The SMILES string of the molecule is CC(=O)O[C@@H]1[C@H](O)[C@@H](COP(=O)(OC[C@@H](O)[C@@H](O)[C@@H](O)C=O)OP(=O)(O)O)O[C@H]1n1cnc2c(N)ncnc21. The van der Waals surface area contributed by atoms with Crippen molar-refractivity contribution in [3.8, 4) is 0 Å². The Hall–Kier alpha value is -2.45. The number of phosphoric ester groups is 1. The highest BCUT2D eigenvalue weighted by Gasteiger charge is 2.49. The molecule has 8 N–H and O–H groups in total. The molecule has 39 heavy (non-hydrogen) atoms. The Kier molecular flexibility index (Phi) is 9.87. The number of carbonyl (C=O) groups is 2. The van der Waals surface area contributed by atoms with E-state index in [4.69, 9.17) is 29.5 Å². The van der Waals surface area contributed by atoms with E-state index in [1.165, 1.54) is 10.9 Å². The van der Waals surface area contributed by atoms with Crippen LogP contribution in [0, 0.1) is 0 Å². The average Bonchev–Trinajstić information content (AvgIpc) is 3.41. The molecule has 1 aliphatic heterocycles. The smallest absolute Gasteiger partial charge is 0.455 e. The molecule has 0 aliphatic carbocycles. The van der Waals surface area contributed by atoms with Gasteiger partial charge >= 0.3 is 21.6 Å². The second-order valence-electron chi connectivity index (χ2n) is 8.01. The topological polar surface area (TPSA) is 305 Å². The Labute approximate surface area is 218 Å². The Morgan fingerprint density at radius 2 is 1.92 bits per heavy atom. The number of ether oxygens (including phenoxy) is 2. The molecule has 1 aliphatic rings. The van der Waals surface area contributed by atoms with Gasteiger partial charge in [-0.25, -0.2) is 24.1 Å². The summed E-state index contributed by atoms with van der Waals surface area (Å²) in [5.41, 5.74) is 6.05. The third-order valence-corrected chi connectivity index (χ3v) is 7.75. The van der Waals surface area contributed by atoms with Crippen LogP contribution in [0.4, 0.5) is 5.82 Å². The van der Waals surface area contributed by atoms with Crippen molar-refractivity contribution in [3.05, 3.63) is 12.7 Å². The lowest BCUT2D eigenvalue weighted by Gasteiger charge is -2.24. The van der Waals surface area contributed by atoms with E-state index in [0.717, 1.165) is 13.3 Å². The molecule has 218 valence electrons. The Bertz CT molecular complexity index is 1270. The highest BCUT2D eigenvalue weighted by molar-refractivity contribution is 7.61. The van der Waals surface area contributed by atoms with Crippen molar-refractivity contribution in [2.24, 2.45) is 0 Å². The van der Waals surface area contributed by atoms with Crippen molar-refractivity contribution in [1.29, 1.82) is 0 Å². The van der Waals surface area contributed by atoms with Gasteiger partial charge in [-0.3, -0.25) is 18.4 Å². The largest absolute Gasteiger partial charge is 0.483 e. The molecule has 1 saturated heterocycles. The molecule has 22 heteroatoms. The second kappa shape index (κ2) is 12.4. The number of nitrogen functional groups attached to an aromatic ring is 1. The van der Waals surface area contributed by atoms with Gasteiger partial charge in [-0.2, -0.15) is 4.31 Å². The highest BCUT2D eigenvalue weighted by atomic mass is 31.3. The number of aromatic nitrogens is 4. The van der Waals surface area contributed by atoms with Crippen LogP contribution >= 0.6 is 15.6 Å². The Morgan fingerprint density at radius 1 is 1.23 bits per heavy atom. The molecular formula is C17H25N5O15P2. The fourth-order valence-corrected chi connectivity index (χ4v) is 5.57. The van der Waals surface area contributed by atoms with E-state index in [0.29, 0.717) is 0 Å². The van der Waals surface area contributed by atoms with Gasteiger partial charge in [0.1, 0.15) is 42.4 Å². The average molecular weight is 601 g/mol. The molecule has 0 spiro atoms. The molecule has 1 fully saturated rings. The fourth-order valence-electron chi connectivity index (χ4n) is 3.41. The third kappa shape index (κ3) is 7.60. The van der Waals surface area contributed by atoms with Crippen LogP contribution in [0.3, 0.4) is 0 Å². The zero-order valence-corrected chi connectivity index (χ0v) is 21.6. The molecule has 0 aromatic carbocycles. The van der Waals surface area contributed by atoms with Gasteiger partial charge in [0.05, 0.1) is 19.5 Å². The van der Waals surface area contributed by atoms with Crippen molar-refractivity contribution >= 4 is 44.9 Å². The maximum Gasteiger partial charge on any atom is 0.483 e. The summed E-state index contributed by atoms with van der Waals surface area (Å²) < 4.78 is 50.0. The maximum absolute atomic E-state index is 12.9. The molecule has 0 bridgehead atoms. The number of carbonyl (C=O) groups excluding carboxylic acids is 2. The van der Waals surface area contributed by atoms with Crippen LogP contribution in [0.1, 0.15) is 13.2 Å². The number of phosphoric acid groups is 2. The Balaban J connectivity index is 1.80. The van der Waals surface area contributed by atoms with Gasteiger partial charge in [0.15, 0.2) is 30.1 Å². The predicted octanol–water partition coefficient (Wildman–Crippen LogP) is -2.87. The molecule has 3 heterocycles. The van der Waals surface area contributed by atoms with Crippen molar-refractivity contribution in [3.63, 3.8) is 0 Å². The van der Waals surface area contributed by atoms with Gasteiger partial charge in [0, 0.05) is 6.92 Å². The van der Waals surface area contributed by atoms with E-state index in [2.05, 4.69) is 23.8 Å². The molecule has 0 radical (unpaired) electrons. The summed E-state index contributed by atoms with van der Waals surface area (Å²) in [4.78, 5) is 52.4. The summed E-state index contributed by atoms with van der Waals surface area (Å²) in [7, 11) is -10.8. The number of imidazole rings is 1. The van der Waals surface area contributed by atoms with E-state index in [9.17, 15) is 39.1 Å². The van der Waals surface area contributed by atoms with E-state index in [1.54, 1.807) is 0 Å². The molecular weight excluding hydrogens is 576 g/mol. The lowest BCUT2D eigenvalue weighted by atomic mass is 10.1. The number of nitrogens with zero attached hydrogens (tertiary/aromatic N) is 4. The lowest BCUT2D eigenvalue weighted by molar-refractivity contribution is -0.155. The van der Waals surface area contributed by atoms with Crippen LogP contribution < -0.4 is 5.73 Å². The van der Waals surface area contributed by atoms with Gasteiger partial charge < -0.3 is 50.2 Å². The molecule has 1 unspecified atom stereocenters. The number of fused-ring (bicyclic) bond motifs is 1. The van der Waals surface area contributed by atoms with Crippen molar-refractivity contribution in [2.45, 2.75) is 49.8 Å². The number of hydrogen-bond acceptors (Lipinski definition) is 17. The summed E-state index contributed by atoms with van der Waals surface area (Å²) in [6, 6.07) is 0. The van der Waals surface area contributed by atoms with E-state index in [-0.39, 0.29) is 23.3 Å². The van der Waals surface area contributed by atoms with Crippen LogP contribution in [0.25, 0.3) is 11.2 Å². The number of nitrogens with two attached hydrogens (primary N) is 1. The van der Waals surface area contributed by atoms with Crippen LogP contribution in [0.5, 0.6) is 0 Å².